The van der Waals surface area contributed by atoms with Crippen molar-refractivity contribution in [3.8, 4) is 0 Å². The highest BCUT2D eigenvalue weighted by Crippen LogP contribution is 2.38. The lowest BCUT2D eigenvalue weighted by Gasteiger charge is -2.30. The van der Waals surface area contributed by atoms with E-state index in [1.54, 1.807) is 0 Å². The van der Waals surface area contributed by atoms with Gasteiger partial charge in [-0.15, -0.1) is 0 Å². The Morgan fingerprint density at radius 1 is 1.31 bits per heavy atom. The van der Waals surface area contributed by atoms with Gasteiger partial charge in [0, 0.05) is 5.41 Å². The van der Waals surface area contributed by atoms with Crippen LogP contribution in [0.4, 0.5) is 0 Å². The minimum atomic E-state index is 0.251. The van der Waals surface area contributed by atoms with Crippen LogP contribution in [0.3, 0.4) is 0 Å². The molecule has 1 aromatic rings. The molecule has 1 saturated carbocycles. The Balaban J connectivity index is 2.22. The number of rotatable bonds is 1. The molecule has 0 bridgehead atoms. The molecule has 4 heteroatoms. The Bertz CT molecular complexity index is 292. The summed E-state index contributed by atoms with van der Waals surface area (Å²) in [4.78, 5) is 4.43. The van der Waals surface area contributed by atoms with Gasteiger partial charge in [0.15, 0.2) is 3.92 Å². The molecule has 2 rings (SSSR count). The molecule has 0 spiro atoms. The topological polar surface area (TPSA) is 25.8 Å². The zero-order valence-electron chi connectivity index (χ0n) is 7.72. The summed E-state index contributed by atoms with van der Waals surface area (Å²) in [5, 5.41) is 0. The fraction of sp³-hybridized carbons (Fsp3) is 0.778. The minimum absolute atomic E-state index is 0.251. The zero-order valence-corrected chi connectivity index (χ0v) is 10.1. The Hall–Kier alpha value is 0.0400. The first kappa shape index (κ1) is 9.59. The van der Waals surface area contributed by atoms with Crippen LogP contribution in [0.5, 0.6) is 0 Å². The summed E-state index contributed by atoms with van der Waals surface area (Å²) in [5.41, 5.74) is 0.251. The maximum atomic E-state index is 4.43. The molecule has 1 fully saturated rings. The lowest BCUT2D eigenvalue weighted by Crippen LogP contribution is -2.26. The fourth-order valence-corrected chi connectivity index (χ4v) is 2.94. The van der Waals surface area contributed by atoms with E-state index in [0.29, 0.717) is 0 Å². The highest BCUT2D eigenvalue weighted by atomic mass is 79.9. The van der Waals surface area contributed by atoms with E-state index in [0.717, 1.165) is 9.74 Å². The van der Waals surface area contributed by atoms with Crippen LogP contribution in [0.15, 0.2) is 3.92 Å². The standard InChI is InChI=1S/C9H13BrN2S/c1-9(5-3-2-4-6-9)7-11-8(10)13-12-7/h2-6H2,1H3. The number of aromatic nitrogens is 2. The Labute approximate surface area is 91.1 Å². The number of halogens is 1. The lowest BCUT2D eigenvalue weighted by atomic mass is 9.75. The van der Waals surface area contributed by atoms with Crippen molar-refractivity contribution in [2.45, 2.75) is 44.4 Å². The third-order valence-electron chi connectivity index (χ3n) is 2.90. The number of hydrogen-bond acceptors (Lipinski definition) is 3. The third-order valence-corrected chi connectivity index (χ3v) is 4.02. The zero-order chi connectivity index (χ0) is 9.31. The SMILES string of the molecule is CC1(c2nsc(Br)n2)CCCCC1. The summed E-state index contributed by atoms with van der Waals surface area (Å²) >= 11 is 4.82. The molecular formula is C9H13BrN2S. The highest BCUT2D eigenvalue weighted by molar-refractivity contribution is 9.11. The van der Waals surface area contributed by atoms with Gasteiger partial charge in [0.2, 0.25) is 0 Å². The van der Waals surface area contributed by atoms with Gasteiger partial charge in [-0.05, 0) is 40.3 Å². The fourth-order valence-electron chi connectivity index (χ4n) is 2.01. The first-order valence-corrected chi connectivity index (χ1v) is 6.27. The van der Waals surface area contributed by atoms with Crippen molar-refractivity contribution in [2.24, 2.45) is 0 Å². The maximum Gasteiger partial charge on any atom is 0.179 e. The van der Waals surface area contributed by atoms with Crippen molar-refractivity contribution < 1.29 is 0 Å². The molecule has 0 unspecified atom stereocenters. The van der Waals surface area contributed by atoms with Crippen LogP contribution in [-0.2, 0) is 5.41 Å². The second-order valence-corrected chi connectivity index (χ2v) is 6.02. The molecule has 2 nitrogen and oxygen atoms in total. The van der Waals surface area contributed by atoms with Crippen molar-refractivity contribution >= 4 is 27.5 Å². The molecule has 1 aliphatic rings. The molecule has 13 heavy (non-hydrogen) atoms. The Kier molecular flexibility index (Phi) is 2.70. The number of nitrogens with zero attached hydrogens (tertiary/aromatic N) is 2. The molecule has 0 amide bonds. The molecule has 0 radical (unpaired) electrons. The van der Waals surface area contributed by atoms with E-state index in [1.165, 1.54) is 43.6 Å². The lowest BCUT2D eigenvalue weighted by molar-refractivity contribution is 0.306. The van der Waals surface area contributed by atoms with Crippen LogP contribution >= 0.6 is 27.5 Å². The molecule has 0 aromatic carbocycles. The molecule has 1 heterocycles. The predicted octanol–water partition coefficient (Wildman–Crippen LogP) is 3.52. The van der Waals surface area contributed by atoms with Gasteiger partial charge >= 0.3 is 0 Å². The van der Waals surface area contributed by atoms with E-state index in [9.17, 15) is 0 Å². The van der Waals surface area contributed by atoms with Crippen molar-refractivity contribution in [2.75, 3.05) is 0 Å². The van der Waals surface area contributed by atoms with E-state index in [2.05, 4.69) is 32.2 Å². The van der Waals surface area contributed by atoms with Crippen molar-refractivity contribution in [3.63, 3.8) is 0 Å². The molecule has 1 aliphatic carbocycles. The monoisotopic (exact) mass is 260 g/mol. The molecule has 72 valence electrons. The quantitative estimate of drug-likeness (QED) is 0.773. The van der Waals surface area contributed by atoms with E-state index in [4.69, 9.17) is 0 Å². The summed E-state index contributed by atoms with van der Waals surface area (Å²) in [5.74, 6) is 1.05. The van der Waals surface area contributed by atoms with Crippen LogP contribution in [0.1, 0.15) is 44.9 Å². The summed E-state index contributed by atoms with van der Waals surface area (Å²) in [6, 6.07) is 0. The normalized spacial score (nSPS) is 21.7. The van der Waals surface area contributed by atoms with Crippen LogP contribution < -0.4 is 0 Å². The largest absolute Gasteiger partial charge is 0.212 e. The van der Waals surface area contributed by atoms with Crippen molar-refractivity contribution in [1.29, 1.82) is 0 Å². The van der Waals surface area contributed by atoms with Crippen LogP contribution in [0.25, 0.3) is 0 Å². The van der Waals surface area contributed by atoms with Crippen LogP contribution in [0.2, 0.25) is 0 Å². The summed E-state index contributed by atoms with van der Waals surface area (Å²) in [7, 11) is 0. The van der Waals surface area contributed by atoms with Gasteiger partial charge in [-0.25, -0.2) is 4.98 Å². The maximum absolute atomic E-state index is 4.43. The van der Waals surface area contributed by atoms with E-state index in [-0.39, 0.29) is 5.41 Å². The van der Waals surface area contributed by atoms with Gasteiger partial charge in [-0.3, -0.25) is 0 Å². The summed E-state index contributed by atoms with van der Waals surface area (Å²) in [6.45, 7) is 2.29. The average molecular weight is 261 g/mol. The predicted molar refractivity (Wildman–Crippen MR) is 58.0 cm³/mol. The van der Waals surface area contributed by atoms with Gasteiger partial charge in [0.25, 0.3) is 0 Å². The van der Waals surface area contributed by atoms with E-state index >= 15 is 0 Å². The average Bonchev–Trinajstić information content (AvgIpc) is 2.54. The second-order valence-electron chi connectivity index (χ2n) is 3.99. The number of hydrogen-bond donors (Lipinski definition) is 0. The molecule has 0 N–H and O–H groups in total. The van der Waals surface area contributed by atoms with Gasteiger partial charge < -0.3 is 0 Å². The first-order valence-electron chi connectivity index (χ1n) is 4.70. The molecular weight excluding hydrogens is 248 g/mol. The molecule has 0 saturated heterocycles. The van der Waals surface area contributed by atoms with Gasteiger partial charge in [0.1, 0.15) is 5.82 Å². The van der Waals surface area contributed by atoms with Crippen LogP contribution in [-0.4, -0.2) is 9.36 Å². The van der Waals surface area contributed by atoms with Crippen molar-refractivity contribution in [1.82, 2.24) is 9.36 Å². The first-order chi connectivity index (χ1) is 6.21. The molecule has 0 atom stereocenters. The third kappa shape index (κ3) is 1.94. The smallest absolute Gasteiger partial charge is 0.179 e. The summed E-state index contributed by atoms with van der Waals surface area (Å²) < 4.78 is 5.31. The van der Waals surface area contributed by atoms with Gasteiger partial charge in [0.05, 0.1) is 0 Å². The van der Waals surface area contributed by atoms with Gasteiger partial charge in [-0.2, -0.15) is 4.37 Å². The highest BCUT2D eigenvalue weighted by Gasteiger charge is 2.32. The Morgan fingerprint density at radius 2 is 2.00 bits per heavy atom. The van der Waals surface area contributed by atoms with E-state index in [1.807, 2.05) is 0 Å². The van der Waals surface area contributed by atoms with Crippen LogP contribution in [0, 0.1) is 0 Å². The van der Waals surface area contributed by atoms with Gasteiger partial charge in [-0.1, -0.05) is 26.2 Å². The van der Waals surface area contributed by atoms with Crippen molar-refractivity contribution in [3.05, 3.63) is 9.74 Å². The molecule has 0 aliphatic heterocycles. The summed E-state index contributed by atoms with van der Waals surface area (Å²) in [6.07, 6.45) is 6.52. The Morgan fingerprint density at radius 3 is 2.54 bits per heavy atom. The van der Waals surface area contributed by atoms with E-state index < -0.39 is 0 Å². The molecule has 1 aromatic heterocycles. The second kappa shape index (κ2) is 3.65. The minimum Gasteiger partial charge on any atom is -0.212 e.